The van der Waals surface area contributed by atoms with Gasteiger partial charge in [-0.25, -0.2) is 0 Å². The summed E-state index contributed by atoms with van der Waals surface area (Å²) in [5.41, 5.74) is 5.60. The van der Waals surface area contributed by atoms with E-state index in [0.717, 1.165) is 57.7 Å². The number of aryl methyl sites for hydroxylation is 1. The first-order valence-electron chi connectivity index (χ1n) is 15.4. The molecule has 4 nitrogen and oxygen atoms in total. The Labute approximate surface area is 238 Å². The minimum absolute atomic E-state index is 0.0237. The highest BCUT2D eigenvalue weighted by molar-refractivity contribution is 5.85. The molecule has 0 N–H and O–H groups in total. The third-order valence-corrected chi connectivity index (χ3v) is 11.2. The highest BCUT2D eigenvalue weighted by Gasteiger charge is 2.75. The monoisotopic (exact) mass is 532 g/mol. The van der Waals surface area contributed by atoms with Gasteiger partial charge in [0.15, 0.2) is 0 Å². The molecule has 2 saturated carbocycles. The van der Waals surface area contributed by atoms with Gasteiger partial charge in [0.25, 0.3) is 0 Å². The van der Waals surface area contributed by atoms with E-state index in [1.807, 2.05) is 0 Å². The second kappa shape index (κ2) is 9.03. The van der Waals surface area contributed by atoms with Crippen molar-refractivity contribution in [1.29, 1.82) is 0 Å². The van der Waals surface area contributed by atoms with Crippen LogP contribution in [0.1, 0.15) is 66.3 Å². The largest absolute Gasteiger partial charge is 0.455 e. The smallest absolute Gasteiger partial charge is 0.327 e. The van der Waals surface area contributed by atoms with Gasteiger partial charge in [-0.2, -0.15) is 0 Å². The maximum Gasteiger partial charge on any atom is 0.327 e. The zero-order chi connectivity index (χ0) is 27.0. The third-order valence-electron chi connectivity index (χ3n) is 11.2. The molecule has 0 unspecified atom stereocenters. The SMILES string of the molecule is Cc1ccc2c(c1)[C@]13CCN(CC4CC4)[C@H](C2)[C@]12CC[C@](N(Cc1ccccc1)Cc1ccccc1)(C3)C(=O)O2. The van der Waals surface area contributed by atoms with Gasteiger partial charge in [0.2, 0.25) is 0 Å². The molecule has 9 rings (SSSR count). The summed E-state index contributed by atoms with van der Waals surface area (Å²) in [5.74, 6) is 0.855. The number of benzene rings is 3. The predicted molar refractivity (Wildman–Crippen MR) is 157 cm³/mol. The van der Waals surface area contributed by atoms with E-state index in [4.69, 9.17) is 4.74 Å². The molecule has 40 heavy (non-hydrogen) atoms. The Balaban J connectivity index is 1.25. The molecule has 4 atom stereocenters. The van der Waals surface area contributed by atoms with Crippen LogP contribution in [0, 0.1) is 12.8 Å². The van der Waals surface area contributed by atoms with Gasteiger partial charge in [-0.1, -0.05) is 84.4 Å². The van der Waals surface area contributed by atoms with E-state index in [-0.39, 0.29) is 17.4 Å². The molecule has 3 saturated heterocycles. The number of esters is 1. The van der Waals surface area contributed by atoms with Crippen LogP contribution < -0.4 is 0 Å². The number of fused-ring (bicyclic) bond motifs is 3. The van der Waals surface area contributed by atoms with E-state index < -0.39 is 11.1 Å². The number of likely N-dealkylation sites (tertiary alicyclic amines) is 1. The summed E-state index contributed by atoms with van der Waals surface area (Å²) in [7, 11) is 0. The average molecular weight is 533 g/mol. The molecule has 3 aromatic rings. The Kier molecular flexibility index (Phi) is 5.60. The first kappa shape index (κ1) is 24.8. The molecule has 206 valence electrons. The minimum atomic E-state index is -0.630. The molecule has 6 aliphatic rings. The molecule has 0 aromatic heterocycles. The molecular formula is C36H40N2O2. The molecule has 1 spiro atoms. The van der Waals surface area contributed by atoms with Gasteiger partial charge in [-0.15, -0.1) is 0 Å². The predicted octanol–water partition coefficient (Wildman–Crippen LogP) is 6.19. The Bertz CT molecular complexity index is 1390. The Morgan fingerprint density at radius 3 is 2.25 bits per heavy atom. The number of carbonyl (C=O) groups excluding carboxylic acids is 1. The highest BCUT2D eigenvalue weighted by atomic mass is 16.6. The molecule has 4 bridgehead atoms. The fourth-order valence-corrected chi connectivity index (χ4v) is 9.08. The Morgan fingerprint density at radius 1 is 0.900 bits per heavy atom. The van der Waals surface area contributed by atoms with Crippen molar-refractivity contribution in [1.82, 2.24) is 9.80 Å². The zero-order valence-electron chi connectivity index (χ0n) is 23.6. The van der Waals surface area contributed by atoms with E-state index in [9.17, 15) is 4.79 Å². The molecule has 3 aliphatic heterocycles. The number of carbonyl (C=O) groups is 1. The van der Waals surface area contributed by atoms with Gasteiger partial charge in [0.1, 0.15) is 11.1 Å². The summed E-state index contributed by atoms with van der Waals surface area (Å²) < 4.78 is 7.00. The zero-order valence-corrected chi connectivity index (χ0v) is 23.6. The van der Waals surface area contributed by atoms with Crippen molar-refractivity contribution < 1.29 is 9.53 Å². The van der Waals surface area contributed by atoms with Crippen LogP contribution in [0.3, 0.4) is 0 Å². The molecular weight excluding hydrogens is 492 g/mol. The number of piperidine rings is 1. The minimum Gasteiger partial charge on any atom is -0.455 e. The summed E-state index contributed by atoms with van der Waals surface area (Å²) >= 11 is 0. The lowest BCUT2D eigenvalue weighted by molar-refractivity contribution is -0.263. The molecule has 0 amide bonds. The van der Waals surface area contributed by atoms with Crippen molar-refractivity contribution in [2.75, 3.05) is 13.1 Å². The van der Waals surface area contributed by atoms with Gasteiger partial charge in [0.05, 0.1) is 6.04 Å². The number of hydrogen-bond acceptors (Lipinski definition) is 4. The van der Waals surface area contributed by atoms with Crippen LogP contribution in [0.25, 0.3) is 0 Å². The fraction of sp³-hybridized carbons (Fsp3) is 0.472. The van der Waals surface area contributed by atoms with Crippen molar-refractivity contribution in [3.05, 3.63) is 107 Å². The quantitative estimate of drug-likeness (QED) is 0.340. The summed E-state index contributed by atoms with van der Waals surface area (Å²) in [6.07, 6.45) is 7.49. The summed E-state index contributed by atoms with van der Waals surface area (Å²) in [6.45, 7) is 5.98. The molecule has 3 heterocycles. The lowest BCUT2D eigenvalue weighted by atomic mass is 9.44. The molecule has 3 aromatic carbocycles. The van der Waals surface area contributed by atoms with Crippen LogP contribution in [-0.2, 0) is 34.5 Å². The second-order valence-electron chi connectivity index (χ2n) is 13.5. The molecule has 0 radical (unpaired) electrons. The van der Waals surface area contributed by atoms with E-state index in [0.29, 0.717) is 0 Å². The Morgan fingerprint density at radius 2 is 1.60 bits per heavy atom. The van der Waals surface area contributed by atoms with E-state index in [2.05, 4.69) is 95.6 Å². The third kappa shape index (κ3) is 3.61. The molecule has 5 fully saturated rings. The molecule has 4 heteroatoms. The van der Waals surface area contributed by atoms with Crippen molar-refractivity contribution in [3.63, 3.8) is 0 Å². The summed E-state index contributed by atoms with van der Waals surface area (Å²) in [4.78, 5) is 19.7. The van der Waals surface area contributed by atoms with Gasteiger partial charge >= 0.3 is 5.97 Å². The topological polar surface area (TPSA) is 32.8 Å². The van der Waals surface area contributed by atoms with Gasteiger partial charge < -0.3 is 4.74 Å². The number of ether oxygens (including phenoxy) is 1. The van der Waals surface area contributed by atoms with E-state index in [1.54, 1.807) is 0 Å². The lowest BCUT2D eigenvalue weighted by Gasteiger charge is -2.71. The van der Waals surface area contributed by atoms with Crippen molar-refractivity contribution in [2.45, 2.75) is 87.6 Å². The Hall–Kier alpha value is -2.95. The number of hydrogen-bond donors (Lipinski definition) is 0. The number of nitrogens with zero attached hydrogens (tertiary/aromatic N) is 2. The van der Waals surface area contributed by atoms with Crippen LogP contribution >= 0.6 is 0 Å². The van der Waals surface area contributed by atoms with Crippen LogP contribution in [0.15, 0.2) is 78.9 Å². The van der Waals surface area contributed by atoms with Crippen molar-refractivity contribution in [2.24, 2.45) is 5.92 Å². The van der Waals surface area contributed by atoms with Gasteiger partial charge in [0, 0.05) is 25.0 Å². The molecule has 3 aliphatic carbocycles. The summed E-state index contributed by atoms with van der Waals surface area (Å²) in [6, 6.07) is 28.8. The van der Waals surface area contributed by atoms with Crippen LogP contribution in [0.4, 0.5) is 0 Å². The standard InChI is InChI=1S/C36H40N2O2/c1-26-12-15-30-21-32-36-17-16-35(33(39)40-36,25-34(36,31(30)20-26)18-19-37(32)22-29-13-14-29)38(23-27-8-4-2-5-9-27)24-28-10-6-3-7-11-28/h2-12,15,20,29,32H,13-14,16-19,21-25H2,1H3/t32-,34-,35+,36-/m1/s1. The van der Waals surface area contributed by atoms with E-state index >= 15 is 0 Å². The van der Waals surface area contributed by atoms with Crippen molar-refractivity contribution >= 4 is 5.97 Å². The van der Waals surface area contributed by atoms with Crippen LogP contribution in [0.5, 0.6) is 0 Å². The summed E-state index contributed by atoms with van der Waals surface area (Å²) in [5, 5.41) is 0. The van der Waals surface area contributed by atoms with Crippen molar-refractivity contribution in [3.8, 4) is 0 Å². The lowest BCUT2D eigenvalue weighted by Crippen LogP contribution is -2.82. The first-order valence-corrected chi connectivity index (χ1v) is 15.4. The van der Waals surface area contributed by atoms with Gasteiger partial charge in [-0.05, 0) is 86.6 Å². The first-order chi connectivity index (χ1) is 19.5. The normalized spacial score (nSPS) is 32.5. The van der Waals surface area contributed by atoms with E-state index in [1.165, 1.54) is 47.2 Å². The maximum absolute atomic E-state index is 14.5. The number of rotatable bonds is 7. The van der Waals surface area contributed by atoms with Crippen LogP contribution in [0.2, 0.25) is 0 Å². The fourth-order valence-electron chi connectivity index (χ4n) is 9.08. The highest BCUT2D eigenvalue weighted by Crippen LogP contribution is 2.66. The van der Waals surface area contributed by atoms with Gasteiger partial charge in [-0.3, -0.25) is 14.6 Å². The second-order valence-corrected chi connectivity index (χ2v) is 13.5. The van der Waals surface area contributed by atoms with Crippen LogP contribution in [-0.4, -0.2) is 46.0 Å². The maximum atomic E-state index is 14.5. The average Bonchev–Trinajstić information content (AvgIpc) is 3.80.